The Balaban J connectivity index is 2.13. The van der Waals surface area contributed by atoms with Crippen LogP contribution in [0.25, 0.3) is 0 Å². The van der Waals surface area contributed by atoms with E-state index in [-0.39, 0.29) is 10.8 Å². The molecule has 2 unspecified atom stereocenters. The van der Waals surface area contributed by atoms with Gasteiger partial charge in [0.15, 0.2) is 0 Å². The average Bonchev–Trinajstić information content (AvgIpc) is 3.00. The van der Waals surface area contributed by atoms with Gasteiger partial charge in [0.25, 0.3) is 0 Å². The Morgan fingerprint density at radius 2 is 0.761 bits per heavy atom. The molecule has 0 amide bonds. The van der Waals surface area contributed by atoms with Crippen molar-refractivity contribution in [2.75, 3.05) is 0 Å². The first kappa shape index (κ1) is 38.5. The second-order valence-electron chi connectivity index (χ2n) is 18.1. The topological polar surface area (TPSA) is 0 Å². The highest BCUT2D eigenvalue weighted by Crippen LogP contribution is 2.43. The van der Waals surface area contributed by atoms with Crippen molar-refractivity contribution >= 4 is 26.5 Å². The first-order chi connectivity index (χ1) is 21.3. The van der Waals surface area contributed by atoms with E-state index >= 15 is 0 Å². The van der Waals surface area contributed by atoms with Crippen molar-refractivity contribution in [3.63, 3.8) is 0 Å². The molecule has 2 atom stereocenters. The minimum absolute atomic E-state index is 0.0202. The number of rotatable bonds is 14. The fraction of sp³-hybridized carbons (Fsp3) is 0.591. The van der Waals surface area contributed by atoms with E-state index in [0.717, 1.165) is 0 Å². The van der Waals surface area contributed by atoms with Gasteiger partial charge in [-0.1, -0.05) is 217 Å². The third-order valence-electron chi connectivity index (χ3n) is 12.9. The van der Waals surface area contributed by atoms with Crippen LogP contribution in [0, 0.1) is 0 Å². The lowest BCUT2D eigenvalue weighted by Gasteiger charge is -2.39. The second-order valence-corrected chi connectivity index (χ2v) is 28.7. The maximum absolute atomic E-state index is 2.60. The highest BCUT2D eigenvalue weighted by atomic mass is 28.3. The summed E-state index contributed by atoms with van der Waals surface area (Å²) in [6, 6.07) is 29.6. The van der Waals surface area contributed by atoms with Gasteiger partial charge >= 0.3 is 0 Å². The van der Waals surface area contributed by atoms with Crippen molar-refractivity contribution in [1.82, 2.24) is 0 Å². The molecule has 0 N–H and O–H groups in total. The molecule has 0 aliphatic heterocycles. The highest BCUT2D eigenvalue weighted by Gasteiger charge is 2.39. The lowest BCUT2D eigenvalue weighted by Crippen LogP contribution is -2.49. The quantitative estimate of drug-likeness (QED) is 0.120. The molecule has 0 nitrogen and oxygen atoms in total. The molecule has 46 heavy (non-hydrogen) atoms. The average molecular weight is 655 g/mol. The van der Waals surface area contributed by atoms with E-state index in [1.165, 1.54) is 73.6 Å². The molecular formula is C44H70Si2. The van der Waals surface area contributed by atoms with Crippen molar-refractivity contribution in [3.8, 4) is 0 Å². The molecule has 0 heterocycles. The predicted octanol–water partition coefficient (Wildman–Crippen LogP) is 12.9. The minimum Gasteiger partial charge on any atom is -0.0654 e. The van der Waals surface area contributed by atoms with Crippen LogP contribution in [0.3, 0.4) is 0 Å². The summed E-state index contributed by atoms with van der Waals surface area (Å²) in [5, 5.41) is 3.80. The van der Waals surface area contributed by atoms with Gasteiger partial charge in [0, 0.05) is 10.8 Å². The normalized spacial score (nSPS) is 15.8. The van der Waals surface area contributed by atoms with E-state index in [1.807, 2.05) is 0 Å². The first-order valence-corrected chi connectivity index (χ1v) is 24.6. The van der Waals surface area contributed by atoms with Gasteiger partial charge in [-0.3, -0.25) is 0 Å². The maximum Gasteiger partial charge on any atom is 0.0859 e. The Morgan fingerprint density at radius 3 is 1.04 bits per heavy atom. The van der Waals surface area contributed by atoms with Crippen LogP contribution in [-0.4, -0.2) is 16.1 Å². The summed E-state index contributed by atoms with van der Waals surface area (Å²) in [4.78, 5) is 0. The van der Waals surface area contributed by atoms with Gasteiger partial charge in [0.1, 0.15) is 0 Å². The Kier molecular flexibility index (Phi) is 12.3. The van der Waals surface area contributed by atoms with Gasteiger partial charge in [0.05, 0.1) is 16.1 Å². The fourth-order valence-electron chi connectivity index (χ4n) is 6.95. The Morgan fingerprint density at radius 1 is 0.435 bits per heavy atom. The van der Waals surface area contributed by atoms with Crippen LogP contribution in [0.15, 0.2) is 72.8 Å². The van der Waals surface area contributed by atoms with E-state index in [0.29, 0.717) is 10.1 Å². The molecular weight excluding hydrogens is 585 g/mol. The number of unbranched alkanes of at least 4 members (excludes halogenated alkanes) is 4. The third-order valence-corrected chi connectivity index (χ3v) is 24.0. The molecule has 0 saturated carbocycles. The van der Waals surface area contributed by atoms with Crippen LogP contribution in [-0.2, 0) is 10.8 Å². The smallest absolute Gasteiger partial charge is 0.0654 e. The fourth-order valence-corrected chi connectivity index (χ4v) is 10.7. The first-order valence-electron chi connectivity index (χ1n) is 18.6. The standard InChI is InChI=1S/C44H70Si2/c1-15-17-19-32-43(9,35-24-28-39(29-25-35)45(11,12)41(3,4)5)37-22-21-23-38(34-37)44(10,33-20-18-16-2)36-26-30-40(31-27-36)46(13,14)42(6,7)8/h21-31,34H,15-20,32-33H2,1-14H3. The molecule has 0 bridgehead atoms. The molecule has 2 heteroatoms. The van der Waals surface area contributed by atoms with Crippen LogP contribution < -0.4 is 10.4 Å². The van der Waals surface area contributed by atoms with Gasteiger partial charge < -0.3 is 0 Å². The summed E-state index contributed by atoms with van der Waals surface area (Å²) >= 11 is 0. The molecule has 0 radical (unpaired) electrons. The van der Waals surface area contributed by atoms with Gasteiger partial charge in [-0.2, -0.15) is 0 Å². The van der Waals surface area contributed by atoms with Crippen LogP contribution in [0.4, 0.5) is 0 Å². The summed E-state index contributed by atoms with van der Waals surface area (Å²) in [5.74, 6) is 0. The van der Waals surface area contributed by atoms with Crippen LogP contribution >= 0.6 is 0 Å². The van der Waals surface area contributed by atoms with E-state index in [2.05, 4.69) is 168 Å². The molecule has 0 aliphatic rings. The molecule has 3 aromatic rings. The number of hydrogen-bond donors (Lipinski definition) is 0. The van der Waals surface area contributed by atoms with E-state index in [1.54, 1.807) is 10.4 Å². The summed E-state index contributed by atoms with van der Waals surface area (Å²) in [7, 11) is -3.17. The SMILES string of the molecule is CCCCCC(C)(c1ccc([Si](C)(C)C(C)(C)C)cc1)c1cccc(C(C)(CCCCC)c2ccc([Si](C)(C)C(C)(C)C)cc2)c1. The molecule has 3 aromatic carbocycles. The van der Waals surface area contributed by atoms with Crippen molar-refractivity contribution < 1.29 is 0 Å². The molecule has 0 spiro atoms. The number of hydrogen-bond acceptors (Lipinski definition) is 0. The predicted molar refractivity (Wildman–Crippen MR) is 214 cm³/mol. The number of benzene rings is 3. The van der Waals surface area contributed by atoms with Crippen LogP contribution in [0.2, 0.25) is 36.3 Å². The zero-order valence-corrected chi connectivity index (χ0v) is 34.6. The van der Waals surface area contributed by atoms with E-state index < -0.39 is 16.1 Å². The molecule has 0 aromatic heterocycles. The summed E-state index contributed by atoms with van der Waals surface area (Å²) in [5.41, 5.74) is 5.84. The Labute approximate surface area is 288 Å². The highest BCUT2D eigenvalue weighted by molar-refractivity contribution is 6.92. The molecule has 0 aliphatic carbocycles. The monoisotopic (exact) mass is 655 g/mol. The second kappa shape index (κ2) is 14.7. The molecule has 0 saturated heterocycles. The van der Waals surface area contributed by atoms with Gasteiger partial charge in [-0.05, 0) is 45.2 Å². The van der Waals surface area contributed by atoms with E-state index in [9.17, 15) is 0 Å². The molecule has 0 fully saturated rings. The lowest BCUT2D eigenvalue weighted by atomic mass is 9.68. The zero-order chi connectivity index (χ0) is 34.6. The molecule has 3 rings (SSSR count). The minimum atomic E-state index is -1.59. The van der Waals surface area contributed by atoms with Crippen LogP contribution in [0.1, 0.15) is 143 Å². The van der Waals surface area contributed by atoms with Crippen molar-refractivity contribution in [2.45, 2.75) is 168 Å². The van der Waals surface area contributed by atoms with Gasteiger partial charge in [-0.15, -0.1) is 0 Å². The summed E-state index contributed by atoms with van der Waals surface area (Å²) in [6.07, 6.45) is 9.93. The summed E-state index contributed by atoms with van der Waals surface area (Å²) < 4.78 is 0. The lowest BCUT2D eigenvalue weighted by molar-refractivity contribution is 0.470. The van der Waals surface area contributed by atoms with E-state index in [4.69, 9.17) is 0 Å². The summed E-state index contributed by atoms with van der Waals surface area (Å²) in [6.45, 7) is 34.3. The van der Waals surface area contributed by atoms with Crippen molar-refractivity contribution in [2.24, 2.45) is 0 Å². The zero-order valence-electron chi connectivity index (χ0n) is 32.6. The Bertz CT molecular complexity index is 1280. The van der Waals surface area contributed by atoms with Crippen LogP contribution in [0.5, 0.6) is 0 Å². The third kappa shape index (κ3) is 8.03. The maximum atomic E-state index is 2.60. The van der Waals surface area contributed by atoms with Gasteiger partial charge in [0.2, 0.25) is 0 Å². The van der Waals surface area contributed by atoms with Crippen molar-refractivity contribution in [3.05, 3.63) is 95.1 Å². The molecule has 254 valence electrons. The van der Waals surface area contributed by atoms with Gasteiger partial charge in [-0.25, -0.2) is 0 Å². The largest absolute Gasteiger partial charge is 0.0859 e. The Hall–Kier alpha value is -1.91. The van der Waals surface area contributed by atoms with Crippen molar-refractivity contribution in [1.29, 1.82) is 0 Å².